The van der Waals surface area contributed by atoms with Crippen LogP contribution >= 0.6 is 0 Å². The normalized spacial score (nSPS) is 17.9. The van der Waals surface area contributed by atoms with Crippen LogP contribution in [0, 0.1) is 5.41 Å². The topological polar surface area (TPSA) is 61.4 Å². The molecule has 1 aliphatic rings. The fourth-order valence-electron chi connectivity index (χ4n) is 2.72. The lowest BCUT2D eigenvalue weighted by molar-refractivity contribution is -0.131. The van der Waals surface area contributed by atoms with Crippen LogP contribution in [0.5, 0.6) is 0 Å². The molecule has 1 aromatic carbocycles. The van der Waals surface area contributed by atoms with E-state index >= 15 is 0 Å². The Labute approximate surface area is 138 Å². The van der Waals surface area contributed by atoms with Gasteiger partial charge < -0.3 is 15.5 Å². The van der Waals surface area contributed by atoms with Gasteiger partial charge in [-0.3, -0.25) is 4.79 Å². The number of nitrogens with zero attached hydrogens (tertiary/aromatic N) is 1. The molecule has 126 valence electrons. The average Bonchev–Trinajstić information content (AvgIpc) is 3.03. The lowest BCUT2D eigenvalue weighted by Crippen LogP contribution is -2.45. The number of urea groups is 1. The summed E-state index contributed by atoms with van der Waals surface area (Å²) in [6, 6.07) is 9.35. The molecule has 1 saturated heterocycles. The Bertz CT molecular complexity index is 540. The number of carbonyl (C=O) groups is 2. The number of nitrogens with one attached hydrogen (secondary N) is 2. The Hall–Kier alpha value is -2.04. The van der Waals surface area contributed by atoms with Crippen molar-refractivity contribution < 1.29 is 9.59 Å². The Balaban J connectivity index is 1.86. The summed E-state index contributed by atoms with van der Waals surface area (Å²) in [6.07, 6.45) is 2.44. The molecule has 0 aromatic heterocycles. The Morgan fingerprint density at radius 1 is 1.22 bits per heavy atom. The van der Waals surface area contributed by atoms with Gasteiger partial charge in [0.05, 0.1) is 0 Å². The van der Waals surface area contributed by atoms with Crippen LogP contribution in [0.25, 0.3) is 0 Å². The molecule has 1 fully saturated rings. The second-order valence-corrected chi connectivity index (χ2v) is 6.47. The summed E-state index contributed by atoms with van der Waals surface area (Å²) in [4.78, 5) is 26.4. The first kappa shape index (κ1) is 17.3. The van der Waals surface area contributed by atoms with Gasteiger partial charge in [0.2, 0.25) is 5.91 Å². The standard InChI is InChI=1S/C18H27N3O2/c1-4-18(3,5-2)16(22)19-15-11-12-21(13-15)17(23)20-14-9-7-6-8-10-14/h6-10,15H,4-5,11-13H2,1-3H3,(H,19,22)(H,20,23)/t15-/m0/s1. The molecule has 0 aliphatic carbocycles. The Kier molecular flexibility index (Phi) is 5.64. The van der Waals surface area contributed by atoms with E-state index in [0.717, 1.165) is 24.9 Å². The molecular formula is C18H27N3O2. The third-order valence-electron chi connectivity index (χ3n) is 4.94. The highest BCUT2D eigenvalue weighted by atomic mass is 16.2. The van der Waals surface area contributed by atoms with E-state index < -0.39 is 0 Å². The van der Waals surface area contributed by atoms with E-state index in [4.69, 9.17) is 0 Å². The van der Waals surface area contributed by atoms with Gasteiger partial charge in [0.25, 0.3) is 0 Å². The molecule has 5 nitrogen and oxygen atoms in total. The van der Waals surface area contributed by atoms with Crippen molar-refractivity contribution in [3.05, 3.63) is 30.3 Å². The largest absolute Gasteiger partial charge is 0.351 e. The van der Waals surface area contributed by atoms with Crippen LogP contribution < -0.4 is 10.6 Å². The molecule has 0 spiro atoms. The van der Waals surface area contributed by atoms with E-state index in [0.29, 0.717) is 13.1 Å². The predicted molar refractivity (Wildman–Crippen MR) is 92.3 cm³/mol. The number of hydrogen-bond acceptors (Lipinski definition) is 2. The number of benzene rings is 1. The molecule has 23 heavy (non-hydrogen) atoms. The summed E-state index contributed by atoms with van der Waals surface area (Å²) in [7, 11) is 0. The highest BCUT2D eigenvalue weighted by Crippen LogP contribution is 2.26. The maximum Gasteiger partial charge on any atom is 0.321 e. The van der Waals surface area contributed by atoms with Crippen LogP contribution in [0.15, 0.2) is 30.3 Å². The van der Waals surface area contributed by atoms with Crippen molar-refractivity contribution in [1.82, 2.24) is 10.2 Å². The number of carbonyl (C=O) groups excluding carboxylic acids is 2. The molecule has 0 unspecified atom stereocenters. The van der Waals surface area contributed by atoms with Crippen LogP contribution in [0.4, 0.5) is 10.5 Å². The minimum absolute atomic E-state index is 0.0430. The van der Waals surface area contributed by atoms with Gasteiger partial charge in [-0.2, -0.15) is 0 Å². The minimum Gasteiger partial charge on any atom is -0.351 e. The highest BCUT2D eigenvalue weighted by Gasteiger charge is 2.33. The van der Waals surface area contributed by atoms with Crippen molar-refractivity contribution in [2.45, 2.75) is 46.1 Å². The molecule has 0 bridgehead atoms. The number of amides is 3. The molecule has 1 atom stereocenters. The van der Waals surface area contributed by atoms with Gasteiger partial charge in [0.15, 0.2) is 0 Å². The fourth-order valence-corrected chi connectivity index (χ4v) is 2.72. The first-order valence-corrected chi connectivity index (χ1v) is 8.40. The molecule has 2 N–H and O–H groups in total. The second-order valence-electron chi connectivity index (χ2n) is 6.47. The van der Waals surface area contributed by atoms with Crippen molar-refractivity contribution in [3.8, 4) is 0 Å². The summed E-state index contributed by atoms with van der Waals surface area (Å²) >= 11 is 0. The zero-order chi connectivity index (χ0) is 16.9. The van der Waals surface area contributed by atoms with Crippen molar-refractivity contribution in [1.29, 1.82) is 0 Å². The van der Waals surface area contributed by atoms with Crippen molar-refractivity contribution in [2.75, 3.05) is 18.4 Å². The molecular weight excluding hydrogens is 290 g/mol. The first-order valence-electron chi connectivity index (χ1n) is 8.40. The zero-order valence-electron chi connectivity index (χ0n) is 14.3. The van der Waals surface area contributed by atoms with Crippen LogP contribution in [0.2, 0.25) is 0 Å². The molecule has 1 heterocycles. The van der Waals surface area contributed by atoms with E-state index in [-0.39, 0.29) is 23.4 Å². The monoisotopic (exact) mass is 317 g/mol. The van der Waals surface area contributed by atoms with Gasteiger partial charge in [-0.25, -0.2) is 4.79 Å². The maximum atomic E-state index is 12.4. The van der Waals surface area contributed by atoms with Gasteiger partial charge >= 0.3 is 6.03 Å². The molecule has 1 aliphatic heterocycles. The Morgan fingerprint density at radius 3 is 2.48 bits per heavy atom. The lowest BCUT2D eigenvalue weighted by atomic mass is 9.83. The quantitative estimate of drug-likeness (QED) is 0.876. The third-order valence-corrected chi connectivity index (χ3v) is 4.94. The molecule has 1 aromatic rings. The van der Waals surface area contributed by atoms with Gasteiger partial charge in [-0.15, -0.1) is 0 Å². The van der Waals surface area contributed by atoms with Crippen LogP contribution in [-0.2, 0) is 4.79 Å². The number of likely N-dealkylation sites (tertiary alicyclic amines) is 1. The minimum atomic E-state index is -0.320. The first-order chi connectivity index (χ1) is 11.0. The summed E-state index contributed by atoms with van der Waals surface area (Å²) < 4.78 is 0. The van der Waals surface area contributed by atoms with E-state index in [9.17, 15) is 9.59 Å². The smallest absolute Gasteiger partial charge is 0.321 e. The molecule has 3 amide bonds. The summed E-state index contributed by atoms with van der Waals surface area (Å²) in [5.74, 6) is 0.0952. The average molecular weight is 317 g/mol. The van der Waals surface area contributed by atoms with E-state index in [1.165, 1.54) is 0 Å². The summed E-state index contributed by atoms with van der Waals surface area (Å²) in [6.45, 7) is 7.30. The zero-order valence-corrected chi connectivity index (χ0v) is 14.3. The number of para-hydroxylation sites is 1. The van der Waals surface area contributed by atoms with Gasteiger partial charge in [-0.05, 0) is 31.4 Å². The number of anilines is 1. The van der Waals surface area contributed by atoms with Crippen LogP contribution in [0.1, 0.15) is 40.0 Å². The SMILES string of the molecule is CCC(C)(CC)C(=O)N[C@H]1CCN(C(=O)Nc2ccccc2)C1. The Morgan fingerprint density at radius 2 is 1.87 bits per heavy atom. The molecule has 5 heteroatoms. The van der Waals surface area contributed by atoms with Crippen molar-refractivity contribution in [3.63, 3.8) is 0 Å². The third kappa shape index (κ3) is 4.24. The van der Waals surface area contributed by atoms with Gasteiger partial charge in [-0.1, -0.05) is 39.0 Å². The number of hydrogen-bond donors (Lipinski definition) is 2. The predicted octanol–water partition coefficient (Wildman–Crippen LogP) is 3.24. The van der Waals surface area contributed by atoms with Gasteiger partial charge in [0, 0.05) is 30.2 Å². The highest BCUT2D eigenvalue weighted by molar-refractivity contribution is 5.89. The van der Waals surface area contributed by atoms with E-state index in [1.54, 1.807) is 4.90 Å². The molecule has 2 rings (SSSR count). The summed E-state index contributed by atoms with van der Waals surface area (Å²) in [5.41, 5.74) is 0.467. The van der Waals surface area contributed by atoms with Crippen molar-refractivity contribution >= 4 is 17.6 Å². The van der Waals surface area contributed by atoms with E-state index in [2.05, 4.69) is 10.6 Å². The fraction of sp³-hybridized carbons (Fsp3) is 0.556. The lowest BCUT2D eigenvalue weighted by Gasteiger charge is -2.27. The van der Waals surface area contributed by atoms with E-state index in [1.807, 2.05) is 51.1 Å². The van der Waals surface area contributed by atoms with Crippen LogP contribution in [-0.4, -0.2) is 36.0 Å². The maximum absolute atomic E-state index is 12.4. The summed E-state index contributed by atoms with van der Waals surface area (Å²) in [5, 5.41) is 5.99. The molecule has 0 saturated carbocycles. The van der Waals surface area contributed by atoms with Crippen molar-refractivity contribution in [2.24, 2.45) is 5.41 Å². The van der Waals surface area contributed by atoms with Gasteiger partial charge in [0.1, 0.15) is 0 Å². The second kappa shape index (κ2) is 7.49. The molecule has 0 radical (unpaired) electrons. The van der Waals surface area contributed by atoms with Crippen LogP contribution in [0.3, 0.4) is 0 Å². The number of rotatable bonds is 5.